The summed E-state index contributed by atoms with van der Waals surface area (Å²) < 4.78 is 29.3. The van der Waals surface area contributed by atoms with Crippen molar-refractivity contribution in [1.82, 2.24) is 9.97 Å². The number of aromatic nitrogens is 2. The zero-order valence-electron chi connectivity index (χ0n) is 10.4. The largest absolute Gasteiger partial charge is 0.695 e. The second-order valence-corrected chi connectivity index (χ2v) is 5.97. The average molecular weight is 302 g/mol. The lowest BCUT2D eigenvalue weighted by molar-refractivity contribution is 0.100. The minimum absolute atomic E-state index is 0.0873. The van der Waals surface area contributed by atoms with Crippen LogP contribution in [0.4, 0.5) is 10.2 Å². The van der Waals surface area contributed by atoms with Gasteiger partial charge >= 0.3 is 8.25 Å². The van der Waals surface area contributed by atoms with Gasteiger partial charge in [0.25, 0.3) is 0 Å². The third kappa shape index (κ3) is 2.40. The lowest BCUT2D eigenvalue weighted by atomic mass is 10.0. The summed E-state index contributed by atoms with van der Waals surface area (Å²) in [4.78, 5) is 16.3. The number of hydrogen-bond donors (Lipinski definition) is 3. The maximum atomic E-state index is 13.5. The van der Waals surface area contributed by atoms with Crippen molar-refractivity contribution in [2.75, 3.05) is 5.32 Å². The minimum Gasteiger partial charge on any atom is -0.392 e. The molecule has 0 bridgehead atoms. The van der Waals surface area contributed by atoms with Crippen molar-refractivity contribution in [3.05, 3.63) is 18.3 Å². The molecular formula is C11H14FN3O4P+. The van der Waals surface area contributed by atoms with Crippen LogP contribution in [0, 0.1) is 11.2 Å². The van der Waals surface area contributed by atoms with Crippen molar-refractivity contribution in [2.45, 2.75) is 37.5 Å². The average Bonchev–Trinajstić information content (AvgIpc) is 2.89. The maximum Gasteiger partial charge on any atom is 0.695 e. The lowest BCUT2D eigenvalue weighted by Crippen LogP contribution is -2.20. The SMILES string of the molecule is O=[P+](O)O[C@H]1C[C@H](Nc2ncncc2F)CC12CC2O. The Morgan fingerprint density at radius 1 is 1.55 bits per heavy atom. The smallest absolute Gasteiger partial charge is 0.392 e. The molecule has 1 aromatic rings. The van der Waals surface area contributed by atoms with Crippen molar-refractivity contribution in [3.8, 4) is 0 Å². The molecule has 0 aliphatic heterocycles. The van der Waals surface area contributed by atoms with Gasteiger partial charge in [-0.25, -0.2) is 14.4 Å². The van der Waals surface area contributed by atoms with Crippen LogP contribution >= 0.6 is 8.25 Å². The van der Waals surface area contributed by atoms with Crippen LogP contribution in [-0.4, -0.2) is 38.2 Å². The molecule has 108 valence electrons. The first kappa shape index (κ1) is 13.8. The van der Waals surface area contributed by atoms with E-state index in [1.807, 2.05) is 0 Å². The van der Waals surface area contributed by atoms with E-state index >= 15 is 0 Å². The van der Waals surface area contributed by atoms with E-state index in [2.05, 4.69) is 15.3 Å². The highest BCUT2D eigenvalue weighted by Gasteiger charge is 2.66. The Kier molecular flexibility index (Phi) is 3.41. The molecule has 1 heterocycles. The van der Waals surface area contributed by atoms with Crippen LogP contribution in [0.15, 0.2) is 12.5 Å². The summed E-state index contributed by atoms with van der Waals surface area (Å²) in [7, 11) is -2.72. The summed E-state index contributed by atoms with van der Waals surface area (Å²) >= 11 is 0. The fraction of sp³-hybridized carbons (Fsp3) is 0.636. The fourth-order valence-corrected chi connectivity index (χ4v) is 3.53. The molecule has 2 saturated carbocycles. The molecule has 0 saturated heterocycles. The van der Waals surface area contributed by atoms with Crippen molar-refractivity contribution in [2.24, 2.45) is 5.41 Å². The Bertz CT molecular complexity index is 548. The Hall–Kier alpha value is -1.21. The molecule has 3 unspecified atom stereocenters. The van der Waals surface area contributed by atoms with E-state index in [1.165, 1.54) is 6.33 Å². The number of nitrogens with zero attached hydrogens (tertiary/aromatic N) is 2. The zero-order chi connectivity index (χ0) is 14.3. The summed E-state index contributed by atoms with van der Waals surface area (Å²) in [5.74, 6) is -0.472. The predicted molar refractivity (Wildman–Crippen MR) is 66.4 cm³/mol. The molecule has 0 amide bonds. The van der Waals surface area contributed by atoms with Crippen LogP contribution in [0.25, 0.3) is 0 Å². The molecule has 3 rings (SSSR count). The van der Waals surface area contributed by atoms with Gasteiger partial charge in [0.05, 0.1) is 12.3 Å². The fourth-order valence-electron chi connectivity index (χ4n) is 3.01. The Balaban J connectivity index is 1.71. The number of aliphatic hydroxyl groups is 1. The van der Waals surface area contributed by atoms with E-state index in [-0.39, 0.29) is 11.9 Å². The van der Waals surface area contributed by atoms with Gasteiger partial charge in [0.2, 0.25) is 0 Å². The number of hydrogen-bond acceptors (Lipinski definition) is 6. The first-order chi connectivity index (χ1) is 9.51. The molecule has 5 atom stereocenters. The Morgan fingerprint density at radius 2 is 2.30 bits per heavy atom. The van der Waals surface area contributed by atoms with Crippen molar-refractivity contribution < 1.29 is 23.5 Å². The first-order valence-corrected chi connectivity index (χ1v) is 7.37. The molecule has 1 spiro atoms. The molecule has 2 fully saturated rings. The summed E-state index contributed by atoms with van der Waals surface area (Å²) in [6.07, 6.45) is 2.75. The molecule has 20 heavy (non-hydrogen) atoms. The topological polar surface area (TPSA) is 105 Å². The summed E-state index contributed by atoms with van der Waals surface area (Å²) in [6.45, 7) is 0. The van der Waals surface area contributed by atoms with Gasteiger partial charge < -0.3 is 10.4 Å². The summed E-state index contributed by atoms with van der Waals surface area (Å²) in [6, 6.07) is -0.170. The Labute approximate surface area is 115 Å². The number of halogens is 1. The molecular weight excluding hydrogens is 288 g/mol. The van der Waals surface area contributed by atoms with Crippen molar-refractivity contribution in [3.63, 3.8) is 0 Å². The minimum atomic E-state index is -2.72. The molecule has 7 nitrogen and oxygen atoms in total. The van der Waals surface area contributed by atoms with Gasteiger partial charge in [0.15, 0.2) is 11.6 Å². The van der Waals surface area contributed by atoms with Crippen LogP contribution < -0.4 is 5.32 Å². The van der Waals surface area contributed by atoms with Crippen LogP contribution in [-0.2, 0) is 9.09 Å². The standard InChI is InChI=1S/C11H13FN3O4P/c12-7-4-13-5-14-10(7)15-6-1-9(19-20(17)18)11(2-6)3-8(11)16/h4-6,8-9,16H,1-3H2,(H-,13,14,15,17,18)/p+1/t6-,8?,9-,11?/m0/s1. The highest BCUT2D eigenvalue weighted by molar-refractivity contribution is 7.32. The van der Waals surface area contributed by atoms with Crippen LogP contribution in [0.1, 0.15) is 19.3 Å². The highest BCUT2D eigenvalue weighted by atomic mass is 31.1. The van der Waals surface area contributed by atoms with Crippen LogP contribution in [0.5, 0.6) is 0 Å². The molecule has 2 aliphatic carbocycles. The summed E-state index contributed by atoms with van der Waals surface area (Å²) in [5.41, 5.74) is -0.491. The predicted octanol–water partition coefficient (Wildman–Crippen LogP) is 0.976. The van der Waals surface area contributed by atoms with Crippen molar-refractivity contribution >= 4 is 14.1 Å². The van der Waals surface area contributed by atoms with Gasteiger partial charge in [-0.2, -0.15) is 0 Å². The van der Waals surface area contributed by atoms with Gasteiger partial charge in [-0.05, 0) is 19.3 Å². The zero-order valence-corrected chi connectivity index (χ0v) is 11.3. The number of anilines is 1. The molecule has 2 aliphatic rings. The van der Waals surface area contributed by atoms with Crippen molar-refractivity contribution in [1.29, 1.82) is 0 Å². The van der Waals surface area contributed by atoms with E-state index in [4.69, 9.17) is 9.42 Å². The van der Waals surface area contributed by atoms with Gasteiger partial charge in [0, 0.05) is 16.0 Å². The van der Waals surface area contributed by atoms with Gasteiger partial charge in [-0.15, -0.1) is 9.42 Å². The number of aliphatic hydroxyl groups excluding tert-OH is 1. The third-order valence-electron chi connectivity index (χ3n) is 4.07. The van der Waals surface area contributed by atoms with Gasteiger partial charge in [0.1, 0.15) is 12.4 Å². The van der Waals surface area contributed by atoms with E-state index in [0.29, 0.717) is 19.3 Å². The molecule has 0 radical (unpaired) electrons. The summed E-state index contributed by atoms with van der Waals surface area (Å²) in [5, 5.41) is 12.7. The molecule has 3 N–H and O–H groups in total. The highest BCUT2D eigenvalue weighted by Crippen LogP contribution is 2.60. The quantitative estimate of drug-likeness (QED) is 0.712. The molecule has 9 heteroatoms. The monoisotopic (exact) mass is 302 g/mol. The normalized spacial score (nSPS) is 36.1. The molecule has 1 aromatic heterocycles. The lowest BCUT2D eigenvalue weighted by Gasteiger charge is -2.13. The van der Waals surface area contributed by atoms with E-state index < -0.39 is 31.7 Å². The second-order valence-electron chi connectivity index (χ2n) is 5.29. The van der Waals surface area contributed by atoms with E-state index in [1.54, 1.807) is 0 Å². The second kappa shape index (κ2) is 4.96. The first-order valence-electron chi connectivity index (χ1n) is 6.24. The number of nitrogens with one attached hydrogen (secondary N) is 1. The van der Waals surface area contributed by atoms with E-state index in [0.717, 1.165) is 6.20 Å². The van der Waals surface area contributed by atoms with Crippen LogP contribution in [0.3, 0.4) is 0 Å². The van der Waals surface area contributed by atoms with Gasteiger partial charge in [-0.1, -0.05) is 0 Å². The maximum absolute atomic E-state index is 13.5. The Morgan fingerprint density at radius 3 is 2.90 bits per heavy atom. The van der Waals surface area contributed by atoms with E-state index in [9.17, 15) is 14.1 Å². The van der Waals surface area contributed by atoms with Gasteiger partial charge in [-0.3, -0.25) is 0 Å². The molecule has 0 aromatic carbocycles. The number of rotatable bonds is 4. The van der Waals surface area contributed by atoms with Crippen LogP contribution in [0.2, 0.25) is 0 Å². The third-order valence-corrected chi connectivity index (χ3v) is 4.50.